The molecular weight excluding hydrogens is 316 g/mol. The molecule has 2 aromatic rings. The fourth-order valence-corrected chi connectivity index (χ4v) is 3.74. The predicted octanol–water partition coefficient (Wildman–Crippen LogP) is 2.41. The summed E-state index contributed by atoms with van der Waals surface area (Å²) >= 11 is 0. The molecule has 5 heteroatoms. The summed E-state index contributed by atoms with van der Waals surface area (Å²) in [4.78, 5) is 11.8. The molecule has 5 nitrogen and oxygen atoms in total. The molecule has 130 valence electrons. The first-order valence-corrected chi connectivity index (χ1v) is 8.74. The van der Waals surface area contributed by atoms with Gasteiger partial charge in [-0.05, 0) is 54.3 Å². The summed E-state index contributed by atoms with van der Waals surface area (Å²) < 4.78 is 6.03. The maximum Gasteiger partial charge on any atom is 0.252 e. The molecule has 0 saturated carbocycles. The molecule has 2 atom stereocenters. The average Bonchev–Trinajstić information content (AvgIpc) is 3.02. The second-order valence-corrected chi connectivity index (χ2v) is 6.76. The van der Waals surface area contributed by atoms with E-state index in [4.69, 9.17) is 4.74 Å². The Bertz CT molecular complexity index is 773. The van der Waals surface area contributed by atoms with E-state index in [-0.39, 0.29) is 5.91 Å². The molecular formula is C20H22N2O3. The Morgan fingerprint density at radius 3 is 2.84 bits per heavy atom. The van der Waals surface area contributed by atoms with Crippen molar-refractivity contribution in [2.45, 2.75) is 18.9 Å². The van der Waals surface area contributed by atoms with Crippen LogP contribution >= 0.6 is 0 Å². The van der Waals surface area contributed by atoms with Crippen LogP contribution in [-0.2, 0) is 6.54 Å². The molecule has 2 unspecified atom stereocenters. The number of phenols is 1. The monoisotopic (exact) mass is 338 g/mol. The molecule has 2 aliphatic heterocycles. The van der Waals surface area contributed by atoms with Crippen LogP contribution in [0.15, 0.2) is 42.5 Å². The number of carbonyl (C=O) groups excluding carboxylic acids is 1. The van der Waals surface area contributed by atoms with Gasteiger partial charge in [0.2, 0.25) is 0 Å². The standard InChI is InChI=1S/C20H22N2O3/c23-16-4-1-13(2-5-16)18-7-8-21-10-15(18)12-25-17-6-3-14-11-22-20(24)19(14)9-17/h1-6,9,15,18,21,23H,7-8,10-12H2,(H,22,24). The number of rotatable bonds is 4. The molecule has 2 aromatic carbocycles. The van der Waals surface area contributed by atoms with E-state index < -0.39 is 0 Å². The fraction of sp³-hybridized carbons (Fsp3) is 0.350. The number of ether oxygens (including phenoxy) is 1. The van der Waals surface area contributed by atoms with Gasteiger partial charge in [0, 0.05) is 24.6 Å². The summed E-state index contributed by atoms with van der Waals surface area (Å²) in [7, 11) is 0. The van der Waals surface area contributed by atoms with Crippen molar-refractivity contribution < 1.29 is 14.6 Å². The quantitative estimate of drug-likeness (QED) is 0.801. The van der Waals surface area contributed by atoms with Gasteiger partial charge in [-0.15, -0.1) is 0 Å². The summed E-state index contributed by atoms with van der Waals surface area (Å²) in [6.45, 7) is 3.08. The van der Waals surface area contributed by atoms with Crippen molar-refractivity contribution in [3.8, 4) is 11.5 Å². The Labute approximate surface area is 147 Å². The lowest BCUT2D eigenvalue weighted by molar-refractivity contribution is 0.0965. The van der Waals surface area contributed by atoms with E-state index in [1.54, 1.807) is 12.1 Å². The minimum atomic E-state index is -0.0262. The molecule has 0 aromatic heterocycles. The largest absolute Gasteiger partial charge is 0.508 e. The van der Waals surface area contributed by atoms with Crippen molar-refractivity contribution in [1.82, 2.24) is 10.6 Å². The van der Waals surface area contributed by atoms with E-state index in [9.17, 15) is 9.90 Å². The average molecular weight is 338 g/mol. The van der Waals surface area contributed by atoms with Crippen LogP contribution in [-0.4, -0.2) is 30.7 Å². The van der Waals surface area contributed by atoms with E-state index >= 15 is 0 Å². The van der Waals surface area contributed by atoms with E-state index in [2.05, 4.69) is 10.6 Å². The zero-order chi connectivity index (χ0) is 17.2. The highest BCUT2D eigenvalue weighted by molar-refractivity contribution is 5.98. The molecule has 1 fully saturated rings. The van der Waals surface area contributed by atoms with E-state index in [1.807, 2.05) is 30.3 Å². The first-order valence-electron chi connectivity index (χ1n) is 8.74. The first kappa shape index (κ1) is 16.0. The lowest BCUT2D eigenvalue weighted by Gasteiger charge is -2.32. The van der Waals surface area contributed by atoms with Crippen LogP contribution in [0.3, 0.4) is 0 Å². The fourth-order valence-electron chi connectivity index (χ4n) is 3.74. The molecule has 2 aliphatic rings. The predicted molar refractivity (Wildman–Crippen MR) is 94.9 cm³/mol. The Balaban J connectivity index is 1.46. The van der Waals surface area contributed by atoms with Gasteiger partial charge in [-0.2, -0.15) is 0 Å². The number of aromatic hydroxyl groups is 1. The van der Waals surface area contributed by atoms with Gasteiger partial charge in [0.15, 0.2) is 0 Å². The topological polar surface area (TPSA) is 70.6 Å². The highest BCUT2D eigenvalue weighted by Crippen LogP contribution is 2.32. The van der Waals surface area contributed by atoms with Gasteiger partial charge in [0.1, 0.15) is 11.5 Å². The molecule has 0 bridgehead atoms. The second-order valence-electron chi connectivity index (χ2n) is 6.76. The van der Waals surface area contributed by atoms with Crippen LogP contribution in [0.2, 0.25) is 0 Å². The van der Waals surface area contributed by atoms with Crippen molar-refractivity contribution >= 4 is 5.91 Å². The molecule has 0 aliphatic carbocycles. The normalized spacial score (nSPS) is 22.3. The third kappa shape index (κ3) is 3.33. The molecule has 0 radical (unpaired) electrons. The number of hydrogen-bond acceptors (Lipinski definition) is 4. The third-order valence-electron chi connectivity index (χ3n) is 5.16. The molecule has 4 rings (SSSR count). The number of nitrogens with one attached hydrogen (secondary N) is 2. The van der Waals surface area contributed by atoms with Gasteiger partial charge in [0.25, 0.3) is 5.91 Å². The van der Waals surface area contributed by atoms with Crippen LogP contribution < -0.4 is 15.4 Å². The lowest BCUT2D eigenvalue weighted by Crippen LogP contribution is -2.38. The summed E-state index contributed by atoms with van der Waals surface area (Å²) in [6.07, 6.45) is 1.05. The maximum atomic E-state index is 11.8. The summed E-state index contributed by atoms with van der Waals surface area (Å²) in [5.41, 5.74) is 2.98. The molecule has 0 spiro atoms. The van der Waals surface area contributed by atoms with Crippen molar-refractivity contribution in [2.75, 3.05) is 19.7 Å². The number of fused-ring (bicyclic) bond motifs is 1. The number of amides is 1. The van der Waals surface area contributed by atoms with Gasteiger partial charge < -0.3 is 20.5 Å². The smallest absolute Gasteiger partial charge is 0.252 e. The van der Waals surface area contributed by atoms with Gasteiger partial charge in [0.05, 0.1) is 6.61 Å². The number of hydrogen-bond donors (Lipinski definition) is 3. The van der Waals surface area contributed by atoms with Crippen LogP contribution in [0.1, 0.15) is 33.8 Å². The molecule has 3 N–H and O–H groups in total. The maximum absolute atomic E-state index is 11.8. The number of carbonyl (C=O) groups is 1. The molecule has 1 saturated heterocycles. The summed E-state index contributed by atoms with van der Waals surface area (Å²) in [6, 6.07) is 13.2. The van der Waals surface area contributed by atoms with Gasteiger partial charge in [-0.3, -0.25) is 4.79 Å². The SMILES string of the molecule is O=C1NCc2ccc(OCC3CNCCC3c3ccc(O)cc3)cc21. The van der Waals surface area contributed by atoms with Crippen molar-refractivity contribution in [1.29, 1.82) is 0 Å². The molecule has 2 heterocycles. The Kier molecular flexibility index (Phi) is 4.32. The highest BCUT2D eigenvalue weighted by Gasteiger charge is 2.27. The number of benzene rings is 2. The van der Waals surface area contributed by atoms with Crippen molar-refractivity contribution in [3.63, 3.8) is 0 Å². The van der Waals surface area contributed by atoms with Gasteiger partial charge >= 0.3 is 0 Å². The zero-order valence-electron chi connectivity index (χ0n) is 14.0. The summed E-state index contributed by atoms with van der Waals surface area (Å²) in [5.74, 6) is 1.76. The van der Waals surface area contributed by atoms with Gasteiger partial charge in [-0.25, -0.2) is 0 Å². The van der Waals surface area contributed by atoms with Crippen molar-refractivity contribution in [3.05, 3.63) is 59.2 Å². The van der Waals surface area contributed by atoms with Crippen LogP contribution in [0.5, 0.6) is 11.5 Å². The molecule has 1 amide bonds. The van der Waals surface area contributed by atoms with E-state index in [0.29, 0.717) is 36.3 Å². The van der Waals surface area contributed by atoms with Crippen LogP contribution in [0, 0.1) is 5.92 Å². The zero-order valence-corrected chi connectivity index (χ0v) is 14.0. The van der Waals surface area contributed by atoms with E-state index in [0.717, 1.165) is 30.8 Å². The number of piperidine rings is 1. The minimum absolute atomic E-state index is 0.0262. The van der Waals surface area contributed by atoms with E-state index in [1.165, 1.54) is 5.56 Å². The Morgan fingerprint density at radius 1 is 1.16 bits per heavy atom. The van der Waals surface area contributed by atoms with Crippen molar-refractivity contribution in [2.24, 2.45) is 5.92 Å². The second kappa shape index (κ2) is 6.76. The Hall–Kier alpha value is -2.53. The minimum Gasteiger partial charge on any atom is -0.508 e. The summed E-state index contributed by atoms with van der Waals surface area (Å²) in [5, 5.41) is 15.8. The van der Waals surface area contributed by atoms with Crippen LogP contribution in [0.4, 0.5) is 0 Å². The molecule has 25 heavy (non-hydrogen) atoms. The third-order valence-corrected chi connectivity index (χ3v) is 5.16. The Morgan fingerprint density at radius 2 is 2.00 bits per heavy atom. The van der Waals surface area contributed by atoms with Crippen LogP contribution in [0.25, 0.3) is 0 Å². The highest BCUT2D eigenvalue weighted by atomic mass is 16.5. The number of phenolic OH excluding ortho intramolecular Hbond substituents is 1. The van der Waals surface area contributed by atoms with Gasteiger partial charge in [-0.1, -0.05) is 18.2 Å². The first-order chi connectivity index (χ1) is 12.2. The lowest BCUT2D eigenvalue weighted by atomic mass is 9.81.